The molecule has 0 aliphatic heterocycles. The molecule has 7 heteroatoms. The van der Waals surface area contributed by atoms with Gasteiger partial charge < -0.3 is 4.74 Å². The van der Waals surface area contributed by atoms with Crippen LogP contribution in [0.15, 0.2) is 18.2 Å². The SMILES string of the molecule is CCC(Oc1cc(C)ccc1[N+](=O)[O-])C(=O)NN. The first-order valence-corrected chi connectivity index (χ1v) is 5.41. The van der Waals surface area contributed by atoms with Gasteiger partial charge in [-0.05, 0) is 25.0 Å². The number of nitro benzene ring substituents is 1. The zero-order chi connectivity index (χ0) is 13.7. The standard InChI is InChI=1S/C11H15N3O4/c1-3-9(11(15)13-12)18-10-6-7(2)4-5-8(10)14(16)17/h4-6,9H,3,12H2,1-2H3,(H,13,15). The van der Waals surface area contributed by atoms with Crippen molar-refractivity contribution in [1.82, 2.24) is 5.43 Å². The average Bonchev–Trinajstić information content (AvgIpc) is 2.34. The van der Waals surface area contributed by atoms with Crippen LogP contribution in [0.2, 0.25) is 0 Å². The minimum atomic E-state index is -0.851. The zero-order valence-corrected chi connectivity index (χ0v) is 10.2. The summed E-state index contributed by atoms with van der Waals surface area (Å²) in [5, 5.41) is 10.8. The molecule has 0 fully saturated rings. The van der Waals surface area contributed by atoms with Crippen molar-refractivity contribution in [1.29, 1.82) is 0 Å². The van der Waals surface area contributed by atoms with E-state index in [1.807, 2.05) is 5.43 Å². The van der Waals surface area contributed by atoms with Crippen LogP contribution in [0.3, 0.4) is 0 Å². The third kappa shape index (κ3) is 3.17. The topological polar surface area (TPSA) is 107 Å². The number of amides is 1. The number of ether oxygens (including phenoxy) is 1. The Morgan fingerprint density at radius 3 is 2.78 bits per heavy atom. The summed E-state index contributed by atoms with van der Waals surface area (Å²) in [5.41, 5.74) is 2.59. The lowest BCUT2D eigenvalue weighted by Crippen LogP contribution is -2.41. The molecule has 0 saturated carbocycles. The fourth-order valence-electron chi connectivity index (χ4n) is 1.44. The normalized spacial score (nSPS) is 11.7. The van der Waals surface area contributed by atoms with Gasteiger partial charge in [0, 0.05) is 6.07 Å². The summed E-state index contributed by atoms with van der Waals surface area (Å²) in [4.78, 5) is 21.7. The number of hydrazine groups is 1. The maximum atomic E-state index is 11.4. The number of nitrogens with one attached hydrogen (secondary N) is 1. The van der Waals surface area contributed by atoms with Gasteiger partial charge >= 0.3 is 5.69 Å². The fourth-order valence-corrected chi connectivity index (χ4v) is 1.44. The van der Waals surface area contributed by atoms with Gasteiger partial charge in [0.25, 0.3) is 5.91 Å². The maximum Gasteiger partial charge on any atom is 0.310 e. The molecule has 0 aromatic heterocycles. The summed E-state index contributed by atoms with van der Waals surface area (Å²) in [6.07, 6.45) is -0.496. The summed E-state index contributed by atoms with van der Waals surface area (Å²) in [7, 11) is 0. The Balaban J connectivity index is 3.04. The Labute approximate surface area is 104 Å². The highest BCUT2D eigenvalue weighted by Crippen LogP contribution is 2.29. The molecule has 0 radical (unpaired) electrons. The molecule has 1 atom stereocenters. The van der Waals surface area contributed by atoms with Crippen molar-refractivity contribution >= 4 is 11.6 Å². The van der Waals surface area contributed by atoms with E-state index in [-0.39, 0.29) is 11.4 Å². The predicted octanol–water partition coefficient (Wildman–Crippen LogP) is 1.05. The van der Waals surface area contributed by atoms with E-state index in [1.54, 1.807) is 19.9 Å². The van der Waals surface area contributed by atoms with Gasteiger partial charge in [0.1, 0.15) is 0 Å². The number of nitro groups is 1. The molecule has 1 aromatic rings. The number of hydrogen-bond acceptors (Lipinski definition) is 5. The Morgan fingerprint density at radius 1 is 1.61 bits per heavy atom. The van der Waals surface area contributed by atoms with Crippen LogP contribution < -0.4 is 16.0 Å². The Kier molecular flexibility index (Phi) is 4.61. The van der Waals surface area contributed by atoms with Crippen molar-refractivity contribution in [2.75, 3.05) is 0 Å². The first kappa shape index (κ1) is 13.9. The second kappa shape index (κ2) is 5.97. The molecule has 1 rings (SSSR count). The third-order valence-corrected chi connectivity index (χ3v) is 2.39. The number of hydrogen-bond donors (Lipinski definition) is 2. The molecule has 0 aliphatic carbocycles. The van der Waals surface area contributed by atoms with Crippen LogP contribution in [-0.2, 0) is 4.79 Å². The first-order valence-electron chi connectivity index (χ1n) is 5.41. The van der Waals surface area contributed by atoms with Crippen LogP contribution in [0.5, 0.6) is 5.75 Å². The molecule has 7 nitrogen and oxygen atoms in total. The predicted molar refractivity (Wildman–Crippen MR) is 64.9 cm³/mol. The molecule has 0 aliphatic rings. The smallest absolute Gasteiger partial charge is 0.310 e. The first-order chi connectivity index (χ1) is 8.49. The number of carbonyl (C=O) groups excluding carboxylic acids is 1. The lowest BCUT2D eigenvalue weighted by Gasteiger charge is -2.15. The summed E-state index contributed by atoms with van der Waals surface area (Å²) in [6, 6.07) is 4.47. The quantitative estimate of drug-likeness (QED) is 0.353. The molecule has 0 saturated heterocycles. The number of aryl methyl sites for hydroxylation is 1. The van der Waals surface area contributed by atoms with E-state index < -0.39 is 16.9 Å². The molecule has 0 spiro atoms. The van der Waals surface area contributed by atoms with Crippen molar-refractivity contribution in [3.8, 4) is 5.75 Å². The minimum absolute atomic E-state index is 0.0652. The summed E-state index contributed by atoms with van der Waals surface area (Å²) >= 11 is 0. The Hall–Kier alpha value is -2.15. The molecule has 98 valence electrons. The third-order valence-electron chi connectivity index (χ3n) is 2.39. The molecule has 1 aromatic carbocycles. The molecule has 1 unspecified atom stereocenters. The number of carbonyl (C=O) groups is 1. The largest absolute Gasteiger partial charge is 0.473 e. The monoisotopic (exact) mass is 253 g/mol. The minimum Gasteiger partial charge on any atom is -0.473 e. The maximum absolute atomic E-state index is 11.4. The van der Waals surface area contributed by atoms with Crippen molar-refractivity contribution in [3.63, 3.8) is 0 Å². The molecule has 18 heavy (non-hydrogen) atoms. The van der Waals surface area contributed by atoms with Gasteiger partial charge in [0.2, 0.25) is 0 Å². The Morgan fingerprint density at radius 2 is 2.28 bits per heavy atom. The number of nitrogens with two attached hydrogens (primary N) is 1. The van der Waals surface area contributed by atoms with Crippen molar-refractivity contribution in [2.24, 2.45) is 5.84 Å². The Bertz CT molecular complexity index is 462. The molecule has 1 amide bonds. The molecule has 0 heterocycles. The van der Waals surface area contributed by atoms with Gasteiger partial charge in [-0.25, -0.2) is 5.84 Å². The van der Waals surface area contributed by atoms with Crippen LogP contribution in [0.1, 0.15) is 18.9 Å². The van der Waals surface area contributed by atoms with Crippen LogP contribution >= 0.6 is 0 Å². The highest BCUT2D eigenvalue weighted by molar-refractivity contribution is 5.80. The van der Waals surface area contributed by atoms with Crippen molar-refractivity contribution < 1.29 is 14.5 Å². The summed E-state index contributed by atoms with van der Waals surface area (Å²) < 4.78 is 5.36. The highest BCUT2D eigenvalue weighted by Gasteiger charge is 2.22. The van der Waals surface area contributed by atoms with E-state index in [2.05, 4.69) is 0 Å². The highest BCUT2D eigenvalue weighted by atomic mass is 16.6. The van der Waals surface area contributed by atoms with Gasteiger partial charge in [0.15, 0.2) is 11.9 Å². The number of nitrogens with zero attached hydrogens (tertiary/aromatic N) is 1. The lowest BCUT2D eigenvalue weighted by atomic mass is 10.2. The molecular weight excluding hydrogens is 238 g/mol. The summed E-state index contributed by atoms with van der Waals surface area (Å²) in [6.45, 7) is 3.50. The van der Waals surface area contributed by atoms with E-state index in [0.717, 1.165) is 5.56 Å². The molecule has 0 bridgehead atoms. The van der Waals surface area contributed by atoms with Crippen LogP contribution in [-0.4, -0.2) is 16.9 Å². The second-order valence-electron chi connectivity index (χ2n) is 3.75. The van der Waals surface area contributed by atoms with Crippen molar-refractivity contribution in [2.45, 2.75) is 26.4 Å². The average molecular weight is 253 g/mol. The van der Waals surface area contributed by atoms with Gasteiger partial charge in [0.05, 0.1) is 4.92 Å². The summed E-state index contributed by atoms with van der Waals surface area (Å²) in [5.74, 6) is 4.56. The number of rotatable bonds is 5. The number of benzene rings is 1. The van der Waals surface area contributed by atoms with Gasteiger partial charge in [-0.3, -0.25) is 20.3 Å². The van der Waals surface area contributed by atoms with Gasteiger partial charge in [-0.1, -0.05) is 13.0 Å². The fraction of sp³-hybridized carbons (Fsp3) is 0.364. The molecular formula is C11H15N3O4. The van der Waals surface area contributed by atoms with Crippen LogP contribution in [0.25, 0.3) is 0 Å². The van der Waals surface area contributed by atoms with E-state index in [0.29, 0.717) is 6.42 Å². The van der Waals surface area contributed by atoms with Gasteiger partial charge in [-0.2, -0.15) is 0 Å². The van der Waals surface area contributed by atoms with Crippen LogP contribution in [0, 0.1) is 17.0 Å². The van der Waals surface area contributed by atoms with Crippen LogP contribution in [0.4, 0.5) is 5.69 Å². The lowest BCUT2D eigenvalue weighted by molar-refractivity contribution is -0.386. The van der Waals surface area contributed by atoms with E-state index in [1.165, 1.54) is 12.1 Å². The van der Waals surface area contributed by atoms with E-state index >= 15 is 0 Å². The van der Waals surface area contributed by atoms with Crippen molar-refractivity contribution in [3.05, 3.63) is 33.9 Å². The van der Waals surface area contributed by atoms with Gasteiger partial charge in [-0.15, -0.1) is 0 Å². The van der Waals surface area contributed by atoms with E-state index in [4.69, 9.17) is 10.6 Å². The second-order valence-corrected chi connectivity index (χ2v) is 3.75. The van der Waals surface area contributed by atoms with E-state index in [9.17, 15) is 14.9 Å². The zero-order valence-electron chi connectivity index (χ0n) is 10.2. The molecule has 3 N–H and O–H groups in total.